The van der Waals surface area contributed by atoms with Crippen LogP contribution in [-0.4, -0.2) is 9.55 Å². The molecule has 0 bridgehead atoms. The van der Waals surface area contributed by atoms with E-state index in [0.29, 0.717) is 0 Å². The summed E-state index contributed by atoms with van der Waals surface area (Å²) < 4.78 is 2.30. The number of nitrogens with zero attached hydrogens (tertiary/aromatic N) is 2. The molecule has 2 heterocycles. The summed E-state index contributed by atoms with van der Waals surface area (Å²) in [4.78, 5) is 5.21. The Morgan fingerprint density at radius 3 is 2.38 bits per heavy atom. The molecule has 0 fully saturated rings. The second kappa shape index (κ2) is 6.41. The standard InChI is InChI=1S/C30H22N2/c1-5-19(4)21-13-12-15-24-28(21)20(6-2)22(7-3)30(24)23-14-8-10-17-26(23)32-27-18-11-9-16-25(27)31-29(30)32/h5-18H,1-4H2. The summed E-state index contributed by atoms with van der Waals surface area (Å²) in [5.41, 5.74) is 10.3. The predicted molar refractivity (Wildman–Crippen MR) is 134 cm³/mol. The molecule has 4 aromatic rings. The molecule has 0 saturated heterocycles. The first kappa shape index (κ1) is 18.6. The van der Waals surface area contributed by atoms with Gasteiger partial charge in [0.1, 0.15) is 11.2 Å². The second-order valence-electron chi connectivity index (χ2n) is 8.22. The van der Waals surface area contributed by atoms with E-state index < -0.39 is 5.41 Å². The van der Waals surface area contributed by atoms with Crippen LogP contribution in [0.3, 0.4) is 0 Å². The minimum atomic E-state index is -0.562. The van der Waals surface area contributed by atoms with Crippen LogP contribution in [0.25, 0.3) is 27.9 Å². The molecule has 0 saturated carbocycles. The second-order valence-corrected chi connectivity index (χ2v) is 8.22. The summed E-state index contributed by atoms with van der Waals surface area (Å²) >= 11 is 0. The number of benzene rings is 3. The van der Waals surface area contributed by atoms with Crippen LogP contribution >= 0.6 is 0 Å². The van der Waals surface area contributed by atoms with Crippen molar-refractivity contribution in [3.8, 4) is 5.69 Å². The van der Waals surface area contributed by atoms with Crippen LogP contribution in [0.4, 0.5) is 0 Å². The zero-order valence-corrected chi connectivity index (χ0v) is 17.8. The Labute approximate surface area is 187 Å². The Hall–Kier alpha value is -4.17. The van der Waals surface area contributed by atoms with Gasteiger partial charge in [0.25, 0.3) is 0 Å². The van der Waals surface area contributed by atoms with Gasteiger partial charge in [-0.2, -0.15) is 0 Å². The van der Waals surface area contributed by atoms with E-state index in [0.717, 1.165) is 50.4 Å². The highest BCUT2D eigenvalue weighted by molar-refractivity contribution is 5.98. The molecule has 2 nitrogen and oxygen atoms in total. The van der Waals surface area contributed by atoms with Crippen LogP contribution < -0.4 is 0 Å². The van der Waals surface area contributed by atoms with Crippen molar-refractivity contribution in [3.05, 3.63) is 145 Å². The maximum atomic E-state index is 5.21. The molecule has 0 N–H and O–H groups in total. The summed E-state index contributed by atoms with van der Waals surface area (Å²) in [6.45, 7) is 16.7. The molecular weight excluding hydrogens is 388 g/mol. The van der Waals surface area contributed by atoms with Gasteiger partial charge in [-0.15, -0.1) is 0 Å². The average molecular weight is 411 g/mol. The summed E-state index contributed by atoms with van der Waals surface area (Å²) in [6, 6.07) is 23.3. The van der Waals surface area contributed by atoms with Crippen LogP contribution in [0.2, 0.25) is 0 Å². The van der Waals surface area contributed by atoms with E-state index in [4.69, 9.17) is 4.98 Å². The molecule has 2 heteroatoms. The zero-order valence-electron chi connectivity index (χ0n) is 17.8. The van der Waals surface area contributed by atoms with Gasteiger partial charge >= 0.3 is 0 Å². The molecule has 152 valence electrons. The number of hydrogen-bond donors (Lipinski definition) is 0. The Morgan fingerprint density at radius 2 is 1.59 bits per heavy atom. The van der Waals surface area contributed by atoms with E-state index in [1.807, 2.05) is 24.3 Å². The lowest BCUT2D eigenvalue weighted by Gasteiger charge is -2.28. The van der Waals surface area contributed by atoms with Crippen molar-refractivity contribution in [2.24, 2.45) is 0 Å². The summed E-state index contributed by atoms with van der Waals surface area (Å²) in [5, 5.41) is 0. The average Bonchev–Trinajstić information content (AvgIpc) is 3.45. The Morgan fingerprint density at radius 1 is 0.844 bits per heavy atom. The largest absolute Gasteiger partial charge is 0.295 e. The molecular formula is C30H22N2. The third-order valence-corrected chi connectivity index (χ3v) is 6.88. The van der Waals surface area contributed by atoms with E-state index in [1.165, 1.54) is 11.1 Å². The fraction of sp³-hybridized carbons (Fsp3) is 0.0333. The minimum absolute atomic E-state index is 0.562. The highest BCUT2D eigenvalue weighted by atomic mass is 15.1. The van der Waals surface area contributed by atoms with Crippen LogP contribution in [0, 0.1) is 0 Å². The van der Waals surface area contributed by atoms with E-state index in [2.05, 4.69) is 91.5 Å². The lowest BCUT2D eigenvalue weighted by molar-refractivity contribution is 0.732. The molecule has 0 amide bonds. The number of aromatic nitrogens is 2. The Balaban J connectivity index is 1.87. The number of hydrogen-bond acceptors (Lipinski definition) is 1. The van der Waals surface area contributed by atoms with Crippen LogP contribution in [0.1, 0.15) is 28.1 Å². The summed E-state index contributed by atoms with van der Waals surface area (Å²) in [7, 11) is 0. The lowest BCUT2D eigenvalue weighted by Crippen LogP contribution is -2.28. The predicted octanol–water partition coefficient (Wildman–Crippen LogP) is 7.01. The number of imidazole rings is 1. The van der Waals surface area contributed by atoms with Gasteiger partial charge in [0.05, 0.1) is 16.7 Å². The molecule has 6 rings (SSSR count). The number of para-hydroxylation sites is 3. The van der Waals surface area contributed by atoms with Gasteiger partial charge in [-0.05, 0) is 57.2 Å². The molecule has 1 atom stereocenters. The van der Waals surface area contributed by atoms with Gasteiger partial charge in [0.2, 0.25) is 0 Å². The first-order valence-electron chi connectivity index (χ1n) is 10.7. The van der Waals surface area contributed by atoms with Crippen molar-refractivity contribution in [2.45, 2.75) is 5.41 Å². The van der Waals surface area contributed by atoms with Crippen LogP contribution in [-0.2, 0) is 5.41 Å². The van der Waals surface area contributed by atoms with Crippen molar-refractivity contribution >= 4 is 22.2 Å². The Bertz CT molecular complexity index is 1540. The number of allylic oxidation sites excluding steroid dienone is 6. The lowest BCUT2D eigenvalue weighted by atomic mass is 9.71. The first-order valence-corrected chi connectivity index (χ1v) is 10.7. The maximum absolute atomic E-state index is 5.21. The number of fused-ring (bicyclic) bond motifs is 9. The van der Waals surface area contributed by atoms with Gasteiger partial charge in [0, 0.05) is 0 Å². The normalized spacial score (nSPS) is 17.9. The molecule has 0 radical (unpaired) electrons. The van der Waals surface area contributed by atoms with Gasteiger partial charge in [-0.25, -0.2) is 4.98 Å². The van der Waals surface area contributed by atoms with Crippen molar-refractivity contribution in [1.29, 1.82) is 0 Å². The topological polar surface area (TPSA) is 17.8 Å². The molecule has 1 aromatic heterocycles. The van der Waals surface area contributed by atoms with Gasteiger partial charge in [-0.1, -0.05) is 93.1 Å². The minimum Gasteiger partial charge on any atom is -0.295 e. The molecule has 1 aliphatic carbocycles. The van der Waals surface area contributed by atoms with Gasteiger partial charge in [0.15, 0.2) is 0 Å². The van der Waals surface area contributed by atoms with Crippen molar-refractivity contribution in [3.63, 3.8) is 0 Å². The van der Waals surface area contributed by atoms with Crippen LogP contribution in [0.5, 0.6) is 0 Å². The Kier molecular flexibility index (Phi) is 3.73. The van der Waals surface area contributed by atoms with Gasteiger partial charge in [-0.3, -0.25) is 4.57 Å². The molecule has 1 spiro atoms. The molecule has 32 heavy (non-hydrogen) atoms. The maximum Gasteiger partial charge on any atom is 0.134 e. The fourth-order valence-electron chi connectivity index (χ4n) is 5.65. The van der Waals surface area contributed by atoms with E-state index in [-0.39, 0.29) is 0 Å². The molecule has 3 aromatic carbocycles. The van der Waals surface area contributed by atoms with Crippen LogP contribution in [0.15, 0.2) is 117 Å². The SMILES string of the molecule is C=CC(=C)c1cccc2c1C(C=C)=C(C=C)C21c2ccccc2-n2c1nc1ccccc12. The van der Waals surface area contributed by atoms with Crippen molar-refractivity contribution in [1.82, 2.24) is 9.55 Å². The van der Waals surface area contributed by atoms with Crippen molar-refractivity contribution in [2.75, 3.05) is 0 Å². The molecule has 1 aliphatic heterocycles. The van der Waals surface area contributed by atoms with E-state index >= 15 is 0 Å². The third-order valence-electron chi connectivity index (χ3n) is 6.88. The zero-order chi connectivity index (χ0) is 22.0. The van der Waals surface area contributed by atoms with E-state index in [1.54, 1.807) is 0 Å². The highest BCUT2D eigenvalue weighted by Crippen LogP contribution is 2.60. The molecule has 2 aliphatic rings. The summed E-state index contributed by atoms with van der Waals surface area (Å²) in [5.74, 6) is 0.995. The smallest absolute Gasteiger partial charge is 0.134 e. The quantitative estimate of drug-likeness (QED) is 0.331. The van der Waals surface area contributed by atoms with Crippen molar-refractivity contribution < 1.29 is 0 Å². The summed E-state index contributed by atoms with van der Waals surface area (Å²) in [6.07, 6.45) is 5.73. The number of rotatable bonds is 4. The highest BCUT2D eigenvalue weighted by Gasteiger charge is 2.54. The fourth-order valence-corrected chi connectivity index (χ4v) is 5.65. The molecule has 1 unspecified atom stereocenters. The monoisotopic (exact) mass is 410 g/mol. The third kappa shape index (κ3) is 1.97. The van der Waals surface area contributed by atoms with E-state index in [9.17, 15) is 0 Å². The van der Waals surface area contributed by atoms with Gasteiger partial charge < -0.3 is 0 Å². The first-order chi connectivity index (χ1) is 15.7.